The number of hydrogen-bond acceptors (Lipinski definition) is 4. The van der Waals surface area contributed by atoms with Crippen LogP contribution in [0.2, 0.25) is 0 Å². The van der Waals surface area contributed by atoms with Gasteiger partial charge in [0, 0.05) is 19.3 Å². The molecule has 0 aliphatic carbocycles. The first kappa shape index (κ1) is 14.7. The molecule has 0 saturated heterocycles. The van der Waals surface area contributed by atoms with E-state index >= 15 is 0 Å². The molecule has 1 aliphatic heterocycles. The maximum absolute atomic E-state index is 5.27. The summed E-state index contributed by atoms with van der Waals surface area (Å²) in [5.74, 6) is 1.68. The third kappa shape index (κ3) is 3.17. The zero-order valence-electron chi connectivity index (χ0n) is 13.1. The minimum atomic E-state index is 0.151. The average molecular weight is 295 g/mol. The second-order valence-corrected chi connectivity index (χ2v) is 5.46. The number of ether oxygens (including phenoxy) is 1. The fourth-order valence-electron chi connectivity index (χ4n) is 2.88. The highest BCUT2D eigenvalue weighted by Crippen LogP contribution is 2.29. The molecule has 22 heavy (non-hydrogen) atoms. The predicted octanol–water partition coefficient (Wildman–Crippen LogP) is 3.14. The maximum atomic E-state index is 5.27. The molecule has 0 bridgehead atoms. The Kier molecular flexibility index (Phi) is 4.49. The number of rotatable bonds is 4. The van der Waals surface area contributed by atoms with Gasteiger partial charge in [0.1, 0.15) is 11.6 Å². The molecule has 0 N–H and O–H groups in total. The first-order chi connectivity index (χ1) is 10.8. The molecular weight excluding hydrogens is 274 g/mol. The molecule has 4 nitrogen and oxygen atoms in total. The fourth-order valence-corrected chi connectivity index (χ4v) is 2.88. The zero-order chi connectivity index (χ0) is 15.4. The summed E-state index contributed by atoms with van der Waals surface area (Å²) in [5.41, 5.74) is 2.28. The van der Waals surface area contributed by atoms with Crippen LogP contribution in [0.3, 0.4) is 0 Å². The van der Waals surface area contributed by atoms with Gasteiger partial charge in [0.25, 0.3) is 0 Å². The monoisotopic (exact) mass is 295 g/mol. The van der Waals surface area contributed by atoms with Gasteiger partial charge in [-0.25, -0.2) is 9.97 Å². The van der Waals surface area contributed by atoms with Gasteiger partial charge in [-0.15, -0.1) is 0 Å². The second kappa shape index (κ2) is 6.71. The quantitative estimate of drug-likeness (QED) is 0.812. The van der Waals surface area contributed by atoms with Gasteiger partial charge in [-0.2, -0.15) is 0 Å². The minimum Gasteiger partial charge on any atom is -0.497 e. The molecule has 1 aromatic heterocycles. The Hall–Kier alpha value is -2.20. The lowest BCUT2D eigenvalue weighted by Gasteiger charge is -2.32. The van der Waals surface area contributed by atoms with E-state index in [4.69, 9.17) is 4.74 Å². The van der Waals surface area contributed by atoms with E-state index in [1.165, 1.54) is 5.56 Å². The van der Waals surface area contributed by atoms with Gasteiger partial charge >= 0.3 is 0 Å². The van der Waals surface area contributed by atoms with Gasteiger partial charge in [-0.1, -0.05) is 24.3 Å². The standard InChI is InChI=1S/C18H21N3O/c1-14-19-11-10-17(20-14)18(21-12-4-3-5-13-21)15-6-8-16(22-2)9-7-15/h3-4,6-11,18H,5,12-13H2,1-2H3. The second-order valence-electron chi connectivity index (χ2n) is 5.46. The van der Waals surface area contributed by atoms with Crippen molar-refractivity contribution in [2.24, 2.45) is 0 Å². The van der Waals surface area contributed by atoms with Gasteiger partial charge in [0.15, 0.2) is 0 Å². The highest BCUT2D eigenvalue weighted by atomic mass is 16.5. The molecule has 4 heteroatoms. The predicted molar refractivity (Wildman–Crippen MR) is 86.9 cm³/mol. The molecule has 3 rings (SSSR count). The van der Waals surface area contributed by atoms with Gasteiger partial charge < -0.3 is 4.74 Å². The van der Waals surface area contributed by atoms with E-state index < -0.39 is 0 Å². The van der Waals surface area contributed by atoms with Crippen molar-refractivity contribution in [3.05, 3.63) is 65.8 Å². The van der Waals surface area contributed by atoms with Crippen molar-refractivity contribution >= 4 is 0 Å². The highest BCUT2D eigenvalue weighted by Gasteiger charge is 2.24. The van der Waals surface area contributed by atoms with E-state index in [-0.39, 0.29) is 6.04 Å². The zero-order valence-corrected chi connectivity index (χ0v) is 13.1. The first-order valence-corrected chi connectivity index (χ1v) is 7.60. The summed E-state index contributed by atoms with van der Waals surface area (Å²) in [6, 6.07) is 10.4. The van der Waals surface area contributed by atoms with Gasteiger partial charge in [-0.3, -0.25) is 4.90 Å². The van der Waals surface area contributed by atoms with Crippen molar-refractivity contribution in [1.29, 1.82) is 0 Å². The van der Waals surface area contributed by atoms with Crippen LogP contribution < -0.4 is 4.74 Å². The Bertz CT molecular complexity index is 652. The van der Waals surface area contributed by atoms with Crippen LogP contribution in [0.15, 0.2) is 48.7 Å². The molecule has 1 atom stereocenters. The first-order valence-electron chi connectivity index (χ1n) is 7.60. The largest absolute Gasteiger partial charge is 0.497 e. The third-order valence-electron chi connectivity index (χ3n) is 3.96. The number of aromatic nitrogens is 2. The van der Waals surface area contributed by atoms with Crippen LogP contribution >= 0.6 is 0 Å². The van der Waals surface area contributed by atoms with E-state index in [1.54, 1.807) is 7.11 Å². The molecule has 0 spiro atoms. The summed E-state index contributed by atoms with van der Waals surface area (Å²) in [6.07, 6.45) is 7.39. The van der Waals surface area contributed by atoms with Crippen LogP contribution in [0.4, 0.5) is 0 Å². The molecule has 0 fully saturated rings. The fraction of sp³-hybridized carbons (Fsp3) is 0.333. The Morgan fingerprint density at radius 3 is 2.59 bits per heavy atom. The lowest BCUT2D eigenvalue weighted by atomic mass is 10.00. The summed E-state index contributed by atoms with van der Waals surface area (Å²) in [7, 11) is 1.69. The van der Waals surface area contributed by atoms with Crippen molar-refractivity contribution in [3.8, 4) is 5.75 Å². The Morgan fingerprint density at radius 1 is 1.14 bits per heavy atom. The van der Waals surface area contributed by atoms with E-state index in [9.17, 15) is 0 Å². The van der Waals surface area contributed by atoms with E-state index in [0.717, 1.165) is 36.8 Å². The number of methoxy groups -OCH3 is 1. The van der Waals surface area contributed by atoms with Gasteiger partial charge in [0.05, 0.1) is 18.8 Å². The highest BCUT2D eigenvalue weighted by molar-refractivity contribution is 5.33. The Balaban J connectivity index is 1.99. The number of benzene rings is 1. The summed E-state index contributed by atoms with van der Waals surface area (Å²) < 4.78 is 5.27. The SMILES string of the molecule is COc1ccc(C(c2ccnc(C)n2)N2CC=CCC2)cc1. The van der Waals surface area contributed by atoms with E-state index in [2.05, 4.69) is 39.2 Å². The molecule has 1 unspecified atom stereocenters. The molecule has 114 valence electrons. The lowest BCUT2D eigenvalue weighted by Crippen LogP contribution is -2.33. The third-order valence-corrected chi connectivity index (χ3v) is 3.96. The molecule has 1 aliphatic rings. The summed E-state index contributed by atoms with van der Waals surface area (Å²) in [6.45, 7) is 3.92. The van der Waals surface area contributed by atoms with Gasteiger partial charge in [0.2, 0.25) is 0 Å². The Labute approximate surface area is 131 Å². The topological polar surface area (TPSA) is 38.3 Å². The molecule has 0 radical (unpaired) electrons. The summed E-state index contributed by atoms with van der Waals surface area (Å²) in [4.78, 5) is 11.3. The molecule has 2 heterocycles. The van der Waals surface area contributed by atoms with Gasteiger partial charge in [-0.05, 0) is 37.1 Å². The summed E-state index contributed by atoms with van der Waals surface area (Å²) >= 11 is 0. The minimum absolute atomic E-state index is 0.151. The summed E-state index contributed by atoms with van der Waals surface area (Å²) in [5, 5.41) is 0. The van der Waals surface area contributed by atoms with Crippen LogP contribution in [0.25, 0.3) is 0 Å². The Morgan fingerprint density at radius 2 is 1.95 bits per heavy atom. The van der Waals surface area contributed by atoms with Crippen molar-refractivity contribution in [2.75, 3.05) is 20.2 Å². The normalized spacial score (nSPS) is 16.5. The number of hydrogen-bond donors (Lipinski definition) is 0. The lowest BCUT2D eigenvalue weighted by molar-refractivity contribution is 0.242. The van der Waals surface area contributed by atoms with Crippen molar-refractivity contribution < 1.29 is 4.74 Å². The smallest absolute Gasteiger partial charge is 0.125 e. The van der Waals surface area contributed by atoms with Crippen molar-refractivity contribution in [3.63, 3.8) is 0 Å². The molecule has 0 saturated carbocycles. The van der Waals surface area contributed by atoms with Crippen molar-refractivity contribution in [2.45, 2.75) is 19.4 Å². The average Bonchev–Trinajstić information content (AvgIpc) is 2.57. The van der Waals surface area contributed by atoms with E-state index in [1.807, 2.05) is 31.3 Å². The van der Waals surface area contributed by atoms with Crippen LogP contribution in [0.1, 0.15) is 29.5 Å². The van der Waals surface area contributed by atoms with Crippen LogP contribution in [-0.2, 0) is 0 Å². The molecule has 0 amide bonds. The van der Waals surface area contributed by atoms with E-state index in [0.29, 0.717) is 0 Å². The van der Waals surface area contributed by atoms with Crippen LogP contribution in [0.5, 0.6) is 5.75 Å². The maximum Gasteiger partial charge on any atom is 0.125 e. The van der Waals surface area contributed by atoms with Crippen molar-refractivity contribution in [1.82, 2.24) is 14.9 Å². The van der Waals surface area contributed by atoms with Crippen LogP contribution in [-0.4, -0.2) is 35.1 Å². The number of aryl methyl sites for hydroxylation is 1. The molecule has 2 aromatic rings. The molecule has 1 aromatic carbocycles. The van der Waals surface area contributed by atoms with Crippen LogP contribution in [0, 0.1) is 6.92 Å². The molecular formula is C18H21N3O. The number of nitrogens with zero attached hydrogens (tertiary/aromatic N) is 3.